The maximum absolute atomic E-state index is 13.5. The number of halogens is 5. The molecule has 1 aromatic carbocycles. The van der Waals surface area contributed by atoms with Crippen LogP contribution in [0.4, 0.5) is 22.0 Å². The predicted molar refractivity (Wildman–Crippen MR) is 88.9 cm³/mol. The summed E-state index contributed by atoms with van der Waals surface area (Å²) >= 11 is 7.29. The first-order valence-electron chi connectivity index (χ1n) is 6.77. The van der Waals surface area contributed by atoms with E-state index in [-0.39, 0.29) is 0 Å². The molecule has 0 fully saturated rings. The van der Waals surface area contributed by atoms with Crippen LogP contribution in [-0.4, -0.2) is 20.5 Å². The topological polar surface area (TPSA) is 26.3 Å². The maximum atomic E-state index is 13.5. The maximum Gasteiger partial charge on any atom is 0.324 e. The number of rotatable bonds is 6. The van der Waals surface area contributed by atoms with Gasteiger partial charge in [-0.05, 0) is 19.1 Å². The van der Waals surface area contributed by atoms with Crippen molar-refractivity contribution in [3.05, 3.63) is 29.1 Å². The molecule has 10 heteroatoms. The summed E-state index contributed by atoms with van der Waals surface area (Å²) in [6, 6.07) is 0. The molecule has 0 aliphatic heterocycles. The van der Waals surface area contributed by atoms with Gasteiger partial charge in [0, 0.05) is 0 Å². The van der Waals surface area contributed by atoms with Crippen LogP contribution in [0.15, 0.2) is 0 Å². The molecule has 0 spiro atoms. The zero-order valence-corrected chi connectivity index (χ0v) is 15.1. The third-order valence-electron chi connectivity index (χ3n) is 2.69. The van der Waals surface area contributed by atoms with Crippen LogP contribution in [0.3, 0.4) is 0 Å². The van der Waals surface area contributed by atoms with Gasteiger partial charge in [0.15, 0.2) is 0 Å². The van der Waals surface area contributed by atoms with E-state index in [0.717, 1.165) is 30.4 Å². The molecule has 0 aliphatic rings. The van der Waals surface area contributed by atoms with Crippen LogP contribution in [-0.2, 0) is 4.79 Å². The van der Waals surface area contributed by atoms with Crippen LogP contribution in [0.1, 0.15) is 26.7 Å². The zero-order chi connectivity index (χ0) is 18.4. The molecule has 24 heavy (non-hydrogen) atoms. The van der Waals surface area contributed by atoms with E-state index in [0.29, 0.717) is 3.53 Å². The molecule has 1 atom stereocenters. The Morgan fingerprint density at radius 3 is 2.08 bits per heavy atom. The monoisotopic (exact) mass is 404 g/mol. The molecule has 0 bridgehead atoms. The summed E-state index contributed by atoms with van der Waals surface area (Å²) in [6.07, 6.45) is 1.90. The highest BCUT2D eigenvalue weighted by atomic mass is 32.2. The quantitative estimate of drug-likeness (QED) is 0.123. The van der Waals surface area contributed by atoms with E-state index in [2.05, 4.69) is 4.74 Å². The molecule has 1 aromatic rings. The third kappa shape index (κ3) is 5.32. The van der Waals surface area contributed by atoms with Crippen molar-refractivity contribution in [3.63, 3.8) is 0 Å². The Hall–Kier alpha value is -0.870. The van der Waals surface area contributed by atoms with Crippen molar-refractivity contribution < 1.29 is 31.5 Å². The number of unbranched alkanes of at least 4 members (excludes halogenated alkanes) is 1. The fourth-order valence-electron chi connectivity index (χ4n) is 1.38. The largest absolute Gasteiger partial charge is 0.419 e. The standard InChI is InChI=1S/C14H13F5O2S3/c1-3-4-5-23-14(22)24-6(2)13(20)21-12-10(18)8(16)7(15)9(17)11(12)19/h6H,3-5H2,1-2H3. The SMILES string of the molecule is CCCCSC(=S)SC(C)C(=O)Oc1c(F)c(F)c(F)c(F)c1F. The van der Waals surface area contributed by atoms with Gasteiger partial charge in [-0.15, -0.1) is 11.8 Å². The fourth-order valence-corrected chi connectivity index (χ4v) is 4.06. The molecule has 1 rings (SSSR count). The summed E-state index contributed by atoms with van der Waals surface area (Å²) in [5.74, 6) is -13.1. The van der Waals surface area contributed by atoms with Gasteiger partial charge in [0.25, 0.3) is 0 Å². The van der Waals surface area contributed by atoms with Crippen molar-refractivity contribution in [2.24, 2.45) is 0 Å². The van der Waals surface area contributed by atoms with Crippen LogP contribution >= 0.6 is 35.7 Å². The third-order valence-corrected chi connectivity index (χ3v) is 5.45. The first-order chi connectivity index (χ1) is 11.2. The van der Waals surface area contributed by atoms with Crippen LogP contribution in [0.25, 0.3) is 0 Å². The molecule has 0 radical (unpaired) electrons. The highest BCUT2D eigenvalue weighted by molar-refractivity contribution is 8.47. The number of esters is 1. The number of carbonyl (C=O) groups excluding carboxylic acids is 1. The Balaban J connectivity index is 2.80. The van der Waals surface area contributed by atoms with Gasteiger partial charge in [-0.25, -0.2) is 13.2 Å². The summed E-state index contributed by atoms with van der Waals surface area (Å²) in [5.41, 5.74) is 0. The van der Waals surface area contributed by atoms with Crippen molar-refractivity contribution in [3.8, 4) is 5.75 Å². The lowest BCUT2D eigenvalue weighted by atomic mass is 10.2. The first-order valence-corrected chi connectivity index (χ1v) is 9.04. The number of hydrogen-bond donors (Lipinski definition) is 0. The minimum atomic E-state index is -2.32. The molecule has 0 aliphatic carbocycles. The molecule has 0 amide bonds. The number of thiocarbonyl (C=S) groups is 1. The second kappa shape index (κ2) is 9.57. The van der Waals surface area contributed by atoms with Crippen LogP contribution in [0.2, 0.25) is 0 Å². The Labute approximate surface area is 149 Å². The van der Waals surface area contributed by atoms with Gasteiger partial charge in [-0.2, -0.15) is 8.78 Å². The smallest absolute Gasteiger partial charge is 0.324 e. The molecule has 0 heterocycles. The average molecular weight is 404 g/mol. The van der Waals surface area contributed by atoms with E-state index in [9.17, 15) is 26.7 Å². The van der Waals surface area contributed by atoms with Crippen LogP contribution in [0, 0.1) is 29.1 Å². The molecule has 0 saturated heterocycles. The molecule has 1 unspecified atom stereocenters. The second-order valence-corrected chi connectivity index (χ2v) is 8.17. The van der Waals surface area contributed by atoms with Gasteiger partial charge in [0.2, 0.25) is 34.8 Å². The van der Waals surface area contributed by atoms with Gasteiger partial charge in [0.1, 0.15) is 8.78 Å². The van der Waals surface area contributed by atoms with Gasteiger partial charge in [-0.1, -0.05) is 37.3 Å². The Bertz CT molecular complexity index is 610. The van der Waals surface area contributed by atoms with Crippen molar-refractivity contribution in [2.75, 3.05) is 5.75 Å². The minimum absolute atomic E-state index is 0.422. The van der Waals surface area contributed by atoms with Crippen LogP contribution < -0.4 is 4.74 Å². The molecular formula is C14H13F5O2S3. The van der Waals surface area contributed by atoms with E-state index in [4.69, 9.17) is 12.2 Å². The first kappa shape index (κ1) is 21.2. The molecule has 0 aromatic heterocycles. The Morgan fingerprint density at radius 1 is 1.08 bits per heavy atom. The normalized spacial score (nSPS) is 12.1. The number of hydrogen-bond acceptors (Lipinski definition) is 5. The average Bonchev–Trinajstić information content (AvgIpc) is 2.55. The fraction of sp³-hybridized carbons (Fsp3) is 0.429. The summed E-state index contributed by atoms with van der Waals surface area (Å²) in [7, 11) is 0. The van der Waals surface area contributed by atoms with E-state index in [1.165, 1.54) is 18.7 Å². The summed E-state index contributed by atoms with van der Waals surface area (Å²) < 4.78 is 70.7. The molecule has 2 nitrogen and oxygen atoms in total. The van der Waals surface area contributed by atoms with Crippen molar-refractivity contribution >= 4 is 45.2 Å². The van der Waals surface area contributed by atoms with E-state index < -0.39 is 46.1 Å². The number of thioether (sulfide) groups is 2. The molecule has 0 N–H and O–H groups in total. The van der Waals surface area contributed by atoms with E-state index in [1.54, 1.807) is 0 Å². The summed E-state index contributed by atoms with van der Waals surface area (Å²) in [6.45, 7) is 3.35. The van der Waals surface area contributed by atoms with Gasteiger partial charge in [-0.3, -0.25) is 4.79 Å². The summed E-state index contributed by atoms with van der Waals surface area (Å²) in [4.78, 5) is 11.8. The van der Waals surface area contributed by atoms with Gasteiger partial charge in [0.05, 0.1) is 0 Å². The number of ether oxygens (including phenoxy) is 1. The highest BCUT2D eigenvalue weighted by Gasteiger charge is 2.30. The van der Waals surface area contributed by atoms with Crippen molar-refractivity contribution in [1.82, 2.24) is 0 Å². The van der Waals surface area contributed by atoms with Crippen molar-refractivity contribution in [1.29, 1.82) is 0 Å². The zero-order valence-electron chi connectivity index (χ0n) is 12.6. The number of carbonyl (C=O) groups is 1. The highest BCUT2D eigenvalue weighted by Crippen LogP contribution is 2.30. The second-order valence-electron chi connectivity index (χ2n) is 4.53. The predicted octanol–water partition coefficient (Wildman–Crippen LogP) is 5.23. The Kier molecular flexibility index (Phi) is 8.44. The Morgan fingerprint density at radius 2 is 1.58 bits per heavy atom. The lowest BCUT2D eigenvalue weighted by Crippen LogP contribution is -2.22. The number of benzene rings is 1. The van der Waals surface area contributed by atoms with Gasteiger partial charge < -0.3 is 4.74 Å². The lowest BCUT2D eigenvalue weighted by molar-refractivity contribution is -0.133. The lowest BCUT2D eigenvalue weighted by Gasteiger charge is -2.13. The van der Waals surface area contributed by atoms with E-state index >= 15 is 0 Å². The molecule has 134 valence electrons. The van der Waals surface area contributed by atoms with E-state index in [1.807, 2.05) is 6.92 Å². The van der Waals surface area contributed by atoms with Crippen molar-refractivity contribution in [2.45, 2.75) is 31.9 Å². The summed E-state index contributed by atoms with van der Waals surface area (Å²) in [5, 5.41) is -0.971. The van der Waals surface area contributed by atoms with Gasteiger partial charge >= 0.3 is 5.97 Å². The molecular weight excluding hydrogens is 391 g/mol. The molecule has 0 saturated carbocycles. The minimum Gasteiger partial charge on any atom is -0.419 e. The van der Waals surface area contributed by atoms with Crippen LogP contribution in [0.5, 0.6) is 5.75 Å².